The van der Waals surface area contributed by atoms with Crippen LogP contribution in [0.4, 0.5) is 0 Å². The van der Waals surface area contributed by atoms with Crippen LogP contribution in [-0.2, 0) is 23.9 Å². The van der Waals surface area contributed by atoms with Crippen molar-refractivity contribution in [1.29, 1.82) is 0 Å². The van der Waals surface area contributed by atoms with Gasteiger partial charge in [0.1, 0.15) is 6.29 Å². The second kappa shape index (κ2) is 7.08. The van der Waals surface area contributed by atoms with Gasteiger partial charge in [-0.3, -0.25) is 4.79 Å². The molecule has 0 heterocycles. The number of aliphatic carboxylic acids is 1. The first-order valence-corrected chi connectivity index (χ1v) is 4.47. The van der Waals surface area contributed by atoms with E-state index in [4.69, 9.17) is 14.6 Å². The number of carboxylic acid groups (broad SMARTS) is 1. The highest BCUT2D eigenvalue weighted by Crippen LogP contribution is 2.08. The molecule has 0 aromatic heterocycles. The number of hydrogen-bond acceptors (Lipinski definition) is 5. The molecule has 6 heteroatoms. The topological polar surface area (TPSA) is 89.9 Å². The Hall–Kier alpha value is -1.27. The second-order valence-electron chi connectivity index (χ2n) is 2.85. The van der Waals surface area contributed by atoms with Gasteiger partial charge in [0.05, 0.1) is 0 Å². The first-order chi connectivity index (χ1) is 7.06. The lowest BCUT2D eigenvalue weighted by Gasteiger charge is -2.19. The zero-order chi connectivity index (χ0) is 11.8. The van der Waals surface area contributed by atoms with Gasteiger partial charge in [0.2, 0.25) is 6.29 Å². The summed E-state index contributed by atoms with van der Waals surface area (Å²) in [6.07, 6.45) is -1.83. The predicted molar refractivity (Wildman–Crippen MR) is 49.2 cm³/mol. The van der Waals surface area contributed by atoms with Crippen molar-refractivity contribution in [1.82, 2.24) is 0 Å². The van der Waals surface area contributed by atoms with Crippen molar-refractivity contribution in [3.63, 3.8) is 0 Å². The van der Waals surface area contributed by atoms with E-state index in [1.54, 1.807) is 6.92 Å². The minimum atomic E-state index is -1.37. The molecule has 0 fully saturated rings. The van der Waals surface area contributed by atoms with Gasteiger partial charge in [0, 0.05) is 12.5 Å². The molecule has 0 amide bonds. The van der Waals surface area contributed by atoms with Gasteiger partial charge in [-0.1, -0.05) is 6.92 Å². The van der Waals surface area contributed by atoms with E-state index < -0.39 is 24.3 Å². The third-order valence-electron chi connectivity index (χ3n) is 1.66. The second-order valence-corrected chi connectivity index (χ2v) is 2.85. The first-order valence-electron chi connectivity index (χ1n) is 4.47. The Labute approximate surface area is 87.2 Å². The Morgan fingerprint density at radius 2 is 2.00 bits per heavy atom. The molecule has 0 radical (unpaired) electrons. The third-order valence-corrected chi connectivity index (χ3v) is 1.66. The molecule has 86 valence electrons. The summed E-state index contributed by atoms with van der Waals surface area (Å²) in [6, 6.07) is 0. The highest BCUT2D eigenvalue weighted by atomic mass is 16.7. The van der Waals surface area contributed by atoms with Crippen molar-refractivity contribution in [2.45, 2.75) is 26.2 Å². The minimum Gasteiger partial charge on any atom is -0.479 e. The van der Waals surface area contributed by atoms with Crippen molar-refractivity contribution in [2.75, 3.05) is 6.61 Å². The molecule has 1 N–H and O–H groups in total. The molecule has 0 aliphatic heterocycles. The zero-order valence-electron chi connectivity index (χ0n) is 8.58. The average Bonchev–Trinajstić information content (AvgIpc) is 2.22. The molecule has 15 heavy (non-hydrogen) atoms. The summed E-state index contributed by atoms with van der Waals surface area (Å²) < 4.78 is 9.63. The van der Waals surface area contributed by atoms with Crippen LogP contribution >= 0.6 is 0 Å². The number of carbonyl (C=O) groups excluding carboxylic acids is 2. The van der Waals surface area contributed by atoms with E-state index in [1.807, 2.05) is 0 Å². The average molecular weight is 218 g/mol. The van der Waals surface area contributed by atoms with Crippen LogP contribution in [0.1, 0.15) is 13.8 Å². The predicted octanol–water partition coefficient (Wildman–Crippen LogP) is -0.147. The van der Waals surface area contributed by atoms with Gasteiger partial charge in [-0.15, -0.1) is 0 Å². The smallest absolute Gasteiger partial charge is 0.333 e. The lowest BCUT2D eigenvalue weighted by atomic mass is 10.1. The molecule has 0 aromatic carbocycles. The molecule has 0 aromatic rings. The van der Waals surface area contributed by atoms with E-state index in [0.29, 0.717) is 12.6 Å². The summed E-state index contributed by atoms with van der Waals surface area (Å²) >= 11 is 0. The maximum absolute atomic E-state index is 10.7. The van der Waals surface area contributed by atoms with E-state index in [0.717, 1.165) is 0 Å². The summed E-state index contributed by atoms with van der Waals surface area (Å²) in [5, 5.41) is 8.73. The van der Waals surface area contributed by atoms with Crippen molar-refractivity contribution >= 4 is 18.5 Å². The number of ether oxygens (including phenoxy) is 2. The molecule has 0 spiro atoms. The van der Waals surface area contributed by atoms with Crippen LogP contribution in [0, 0.1) is 5.92 Å². The lowest BCUT2D eigenvalue weighted by Crippen LogP contribution is -2.37. The molecule has 0 aliphatic rings. The summed E-state index contributed by atoms with van der Waals surface area (Å²) in [4.78, 5) is 31.5. The fourth-order valence-corrected chi connectivity index (χ4v) is 0.898. The lowest BCUT2D eigenvalue weighted by molar-refractivity contribution is -0.191. The van der Waals surface area contributed by atoms with Crippen LogP contribution < -0.4 is 0 Å². The molecular formula is C9H14O6. The van der Waals surface area contributed by atoms with Gasteiger partial charge in [0.25, 0.3) is 0 Å². The van der Waals surface area contributed by atoms with E-state index in [2.05, 4.69) is 0 Å². The Balaban J connectivity index is 4.44. The van der Waals surface area contributed by atoms with Crippen LogP contribution in [0.3, 0.4) is 0 Å². The molecule has 0 saturated heterocycles. The quantitative estimate of drug-likeness (QED) is 0.450. The first kappa shape index (κ1) is 13.7. The Morgan fingerprint density at radius 3 is 2.33 bits per heavy atom. The van der Waals surface area contributed by atoms with Crippen LogP contribution in [0.15, 0.2) is 0 Å². The summed E-state index contributed by atoms with van der Waals surface area (Å²) in [5.41, 5.74) is 0. The molecule has 3 unspecified atom stereocenters. The zero-order valence-corrected chi connectivity index (χ0v) is 8.58. The number of hydrogen-bond donors (Lipinski definition) is 1. The maximum atomic E-state index is 10.7. The Bertz CT molecular complexity index is 227. The van der Waals surface area contributed by atoms with Crippen molar-refractivity contribution in [3.8, 4) is 0 Å². The summed E-state index contributed by atoms with van der Waals surface area (Å²) in [5.74, 6) is -2.15. The van der Waals surface area contributed by atoms with Crippen LogP contribution in [-0.4, -0.2) is 42.6 Å². The molecule has 0 saturated carbocycles. The van der Waals surface area contributed by atoms with Crippen molar-refractivity contribution in [3.05, 3.63) is 0 Å². The van der Waals surface area contributed by atoms with Crippen molar-refractivity contribution in [2.24, 2.45) is 5.92 Å². The van der Waals surface area contributed by atoms with Crippen LogP contribution in [0.2, 0.25) is 0 Å². The van der Waals surface area contributed by atoms with Crippen molar-refractivity contribution < 1.29 is 29.0 Å². The van der Waals surface area contributed by atoms with Gasteiger partial charge in [0.15, 0.2) is 12.4 Å². The number of carboxylic acids is 1. The van der Waals surface area contributed by atoms with Crippen LogP contribution in [0.5, 0.6) is 0 Å². The summed E-state index contributed by atoms with van der Waals surface area (Å²) in [6.45, 7) is 3.24. The van der Waals surface area contributed by atoms with Gasteiger partial charge in [-0.2, -0.15) is 0 Å². The largest absolute Gasteiger partial charge is 0.479 e. The molecule has 0 bridgehead atoms. The normalized spacial score (nSPS) is 16.4. The number of rotatable bonds is 8. The maximum Gasteiger partial charge on any atom is 0.333 e. The fraction of sp³-hybridized carbons (Fsp3) is 0.667. The minimum absolute atomic E-state index is 0.214. The number of aldehydes is 2. The van der Waals surface area contributed by atoms with Gasteiger partial charge in [-0.05, 0) is 6.92 Å². The number of carbonyl (C=O) groups is 3. The molecular weight excluding hydrogens is 204 g/mol. The van der Waals surface area contributed by atoms with Crippen LogP contribution in [0.25, 0.3) is 0 Å². The van der Waals surface area contributed by atoms with Gasteiger partial charge >= 0.3 is 5.97 Å². The highest BCUT2D eigenvalue weighted by Gasteiger charge is 2.28. The van der Waals surface area contributed by atoms with E-state index in [1.165, 1.54) is 6.92 Å². The van der Waals surface area contributed by atoms with Gasteiger partial charge in [-0.25, -0.2) is 4.79 Å². The molecule has 6 nitrogen and oxygen atoms in total. The SMILES string of the molecule is CCOC(C=O)OC(C(=O)O)C(C)C=O. The van der Waals surface area contributed by atoms with Gasteiger partial charge < -0.3 is 19.4 Å². The standard InChI is InChI=1S/C9H14O6/c1-3-14-7(5-11)15-8(9(12)13)6(2)4-10/h4-8H,3H2,1-2H3,(H,12,13). The van der Waals surface area contributed by atoms with E-state index >= 15 is 0 Å². The monoisotopic (exact) mass is 218 g/mol. The Kier molecular flexibility index (Phi) is 6.48. The molecule has 0 aliphatic carbocycles. The molecule has 3 atom stereocenters. The highest BCUT2D eigenvalue weighted by molar-refractivity contribution is 5.77. The third kappa shape index (κ3) is 4.66. The molecule has 0 rings (SSSR count). The van der Waals surface area contributed by atoms with E-state index in [-0.39, 0.29) is 6.61 Å². The summed E-state index contributed by atoms with van der Waals surface area (Å²) in [7, 11) is 0. The van der Waals surface area contributed by atoms with E-state index in [9.17, 15) is 14.4 Å². The fourth-order valence-electron chi connectivity index (χ4n) is 0.898. The Morgan fingerprint density at radius 1 is 1.40 bits per heavy atom.